The normalized spacial score (nSPS) is 12.9. The number of carbonyl (C=O) groups excluding carboxylic acids is 3. The molecular weight excluding hydrogens is 402 g/mol. The summed E-state index contributed by atoms with van der Waals surface area (Å²) in [7, 11) is 1.53. The van der Waals surface area contributed by atoms with Gasteiger partial charge in [0.2, 0.25) is 0 Å². The van der Waals surface area contributed by atoms with E-state index in [2.05, 4.69) is 5.32 Å². The second kappa shape index (κ2) is 7.96. The summed E-state index contributed by atoms with van der Waals surface area (Å²) in [5.74, 6) is -1.47. The van der Waals surface area contributed by atoms with Gasteiger partial charge < -0.3 is 10.1 Å². The maximum Gasteiger partial charge on any atom is 0.277 e. The maximum atomic E-state index is 13.1. The number of carbonyl (C=O) groups is 3. The molecule has 156 valence electrons. The first-order chi connectivity index (χ1) is 14.9. The topological polar surface area (TPSA) is 119 Å². The smallest absolute Gasteiger partial charge is 0.277 e. The molecule has 1 aliphatic rings. The quantitative estimate of drug-likeness (QED) is 0.284. The molecule has 0 saturated carbocycles. The molecule has 0 aromatic heterocycles. The highest BCUT2D eigenvalue weighted by atomic mass is 16.6. The Morgan fingerprint density at radius 1 is 1.03 bits per heavy atom. The zero-order valence-electron chi connectivity index (χ0n) is 16.5. The van der Waals surface area contributed by atoms with Crippen LogP contribution in [0.1, 0.15) is 31.1 Å². The van der Waals surface area contributed by atoms with Gasteiger partial charge in [-0.25, -0.2) is 4.90 Å². The summed E-state index contributed by atoms with van der Waals surface area (Å²) < 4.78 is 4.89. The van der Waals surface area contributed by atoms with Crippen LogP contribution in [0.3, 0.4) is 0 Å². The molecule has 0 aliphatic carbocycles. The van der Waals surface area contributed by atoms with E-state index in [0.29, 0.717) is 24.4 Å². The van der Waals surface area contributed by atoms with Crippen molar-refractivity contribution < 1.29 is 24.0 Å². The molecule has 0 saturated heterocycles. The fourth-order valence-corrected chi connectivity index (χ4v) is 3.61. The number of amides is 3. The minimum Gasteiger partial charge on any atom is -0.383 e. The van der Waals surface area contributed by atoms with Crippen LogP contribution in [0.15, 0.2) is 54.6 Å². The molecule has 31 heavy (non-hydrogen) atoms. The first-order valence-corrected chi connectivity index (χ1v) is 9.40. The highest BCUT2D eigenvalue weighted by Gasteiger charge is 2.35. The Morgan fingerprint density at radius 3 is 2.35 bits per heavy atom. The first-order valence-electron chi connectivity index (χ1n) is 9.40. The third-order valence-corrected chi connectivity index (χ3v) is 5.06. The van der Waals surface area contributed by atoms with Crippen LogP contribution in [0, 0.1) is 10.1 Å². The van der Waals surface area contributed by atoms with Crippen molar-refractivity contribution in [3.05, 3.63) is 81.4 Å². The van der Waals surface area contributed by atoms with Crippen LogP contribution in [0.5, 0.6) is 0 Å². The van der Waals surface area contributed by atoms with Gasteiger partial charge >= 0.3 is 0 Å². The molecule has 1 heterocycles. The van der Waals surface area contributed by atoms with E-state index in [1.165, 1.54) is 55.6 Å². The molecule has 0 atom stereocenters. The monoisotopic (exact) mass is 419 g/mol. The van der Waals surface area contributed by atoms with E-state index in [-0.39, 0.29) is 33.5 Å². The van der Waals surface area contributed by atoms with Crippen molar-refractivity contribution in [2.75, 3.05) is 25.2 Å². The molecule has 3 aromatic rings. The highest BCUT2D eigenvalue weighted by Crippen LogP contribution is 2.36. The lowest BCUT2D eigenvalue weighted by molar-refractivity contribution is -0.383. The Labute approximate surface area is 176 Å². The van der Waals surface area contributed by atoms with Gasteiger partial charge in [-0.3, -0.25) is 24.5 Å². The molecule has 0 spiro atoms. The van der Waals surface area contributed by atoms with E-state index < -0.39 is 16.7 Å². The van der Waals surface area contributed by atoms with Gasteiger partial charge in [0, 0.05) is 41.8 Å². The summed E-state index contributed by atoms with van der Waals surface area (Å²) in [6, 6.07) is 13.3. The molecule has 9 heteroatoms. The van der Waals surface area contributed by atoms with Crippen molar-refractivity contribution >= 4 is 39.9 Å². The van der Waals surface area contributed by atoms with Gasteiger partial charge in [0.1, 0.15) is 0 Å². The van der Waals surface area contributed by atoms with Crippen LogP contribution < -0.4 is 10.2 Å². The number of nitro groups is 1. The third-order valence-electron chi connectivity index (χ3n) is 5.06. The van der Waals surface area contributed by atoms with E-state index in [9.17, 15) is 24.5 Å². The summed E-state index contributed by atoms with van der Waals surface area (Å²) in [6.45, 7) is 0.733. The number of hydrogen-bond donors (Lipinski definition) is 1. The third kappa shape index (κ3) is 3.40. The van der Waals surface area contributed by atoms with Gasteiger partial charge in [-0.15, -0.1) is 0 Å². The number of benzene rings is 3. The van der Waals surface area contributed by atoms with Gasteiger partial charge in [0.05, 0.1) is 22.6 Å². The molecule has 4 rings (SSSR count). The molecule has 3 amide bonds. The van der Waals surface area contributed by atoms with Crippen LogP contribution >= 0.6 is 0 Å². The number of nitro benzene ring substituents is 1. The van der Waals surface area contributed by atoms with E-state index >= 15 is 0 Å². The van der Waals surface area contributed by atoms with Crippen LogP contribution in [0.4, 0.5) is 11.4 Å². The summed E-state index contributed by atoms with van der Waals surface area (Å²) in [5, 5.41) is 14.6. The number of methoxy groups -OCH3 is 1. The predicted octanol–water partition coefficient (Wildman–Crippen LogP) is 2.92. The Hall–Kier alpha value is -4.11. The second-order valence-electron chi connectivity index (χ2n) is 6.86. The number of non-ortho nitro benzene ring substituents is 1. The lowest BCUT2D eigenvalue weighted by Gasteiger charge is -2.27. The lowest BCUT2D eigenvalue weighted by Crippen LogP contribution is -2.40. The minimum absolute atomic E-state index is 0.168. The molecule has 1 aliphatic heterocycles. The minimum atomic E-state index is -0.583. The van der Waals surface area contributed by atoms with E-state index in [1.807, 2.05) is 0 Å². The zero-order valence-corrected chi connectivity index (χ0v) is 16.5. The molecule has 0 fully saturated rings. The second-order valence-corrected chi connectivity index (χ2v) is 6.86. The average Bonchev–Trinajstić information content (AvgIpc) is 2.77. The molecule has 3 aromatic carbocycles. The Kier molecular flexibility index (Phi) is 5.18. The van der Waals surface area contributed by atoms with Crippen LogP contribution in [0.2, 0.25) is 0 Å². The van der Waals surface area contributed by atoms with Gasteiger partial charge in [-0.2, -0.15) is 0 Å². The van der Waals surface area contributed by atoms with Crippen molar-refractivity contribution in [3.8, 4) is 0 Å². The van der Waals surface area contributed by atoms with Crippen LogP contribution in [0.25, 0.3) is 10.8 Å². The van der Waals surface area contributed by atoms with E-state index in [0.717, 1.165) is 4.90 Å². The predicted molar refractivity (Wildman–Crippen MR) is 112 cm³/mol. The SMILES string of the molecule is COCCNC(=O)c1ccc(N2C(=O)c3cccc4c([N+](=O)[O-])ccc(c34)C2=O)cc1. The van der Waals surface area contributed by atoms with Crippen molar-refractivity contribution in [1.82, 2.24) is 5.32 Å². The average molecular weight is 419 g/mol. The number of ether oxygens (including phenoxy) is 1. The molecule has 0 bridgehead atoms. The molecule has 0 unspecified atom stereocenters. The largest absolute Gasteiger partial charge is 0.383 e. The molecule has 1 N–H and O–H groups in total. The number of anilines is 1. The summed E-state index contributed by atoms with van der Waals surface area (Å²) in [4.78, 5) is 50.2. The highest BCUT2D eigenvalue weighted by molar-refractivity contribution is 6.36. The standard InChI is InChI=1S/C22H17N3O6/c1-31-12-11-23-20(26)13-5-7-14(8-6-13)24-21(27)16-4-2-3-15-18(25(29)30)10-9-17(19(15)16)22(24)28/h2-10H,11-12H2,1H3,(H,23,26). The van der Waals surface area contributed by atoms with Crippen LogP contribution in [-0.2, 0) is 4.74 Å². The maximum absolute atomic E-state index is 13.1. The van der Waals surface area contributed by atoms with Gasteiger partial charge in [-0.05, 0) is 42.5 Å². The van der Waals surface area contributed by atoms with Crippen molar-refractivity contribution in [2.24, 2.45) is 0 Å². The number of hydrogen-bond acceptors (Lipinski definition) is 6. The summed E-state index contributed by atoms with van der Waals surface area (Å²) in [5.41, 5.74) is 0.909. The van der Waals surface area contributed by atoms with Crippen LogP contribution in [-0.4, -0.2) is 42.9 Å². The molecule has 0 radical (unpaired) electrons. The fourth-order valence-electron chi connectivity index (χ4n) is 3.61. The van der Waals surface area contributed by atoms with Gasteiger partial charge in [-0.1, -0.05) is 6.07 Å². The van der Waals surface area contributed by atoms with E-state index in [4.69, 9.17) is 4.74 Å². The Morgan fingerprint density at radius 2 is 1.71 bits per heavy atom. The Bertz CT molecular complexity index is 1210. The fraction of sp³-hybridized carbons (Fsp3) is 0.136. The molecular formula is C22H17N3O6. The number of nitrogens with one attached hydrogen (secondary N) is 1. The van der Waals surface area contributed by atoms with Crippen molar-refractivity contribution in [3.63, 3.8) is 0 Å². The van der Waals surface area contributed by atoms with Crippen molar-refractivity contribution in [1.29, 1.82) is 0 Å². The van der Waals surface area contributed by atoms with Gasteiger partial charge in [0.15, 0.2) is 0 Å². The number of imide groups is 1. The van der Waals surface area contributed by atoms with Crippen molar-refractivity contribution in [2.45, 2.75) is 0 Å². The first kappa shape index (κ1) is 20.2. The van der Waals surface area contributed by atoms with Gasteiger partial charge in [0.25, 0.3) is 23.4 Å². The Balaban J connectivity index is 1.71. The molecule has 9 nitrogen and oxygen atoms in total. The number of nitrogens with zero attached hydrogens (tertiary/aromatic N) is 2. The number of rotatable bonds is 6. The summed E-state index contributed by atoms with van der Waals surface area (Å²) >= 11 is 0. The summed E-state index contributed by atoms with van der Waals surface area (Å²) in [6.07, 6.45) is 0. The lowest BCUT2D eigenvalue weighted by atomic mass is 9.92. The van der Waals surface area contributed by atoms with E-state index in [1.54, 1.807) is 6.07 Å². The zero-order chi connectivity index (χ0) is 22.1.